The van der Waals surface area contributed by atoms with Crippen LogP contribution in [-0.2, 0) is 4.74 Å². The average Bonchev–Trinajstić information content (AvgIpc) is 3.15. The molecule has 2 aliphatic heterocycles. The Balaban J connectivity index is 1.49. The molecule has 1 spiro atoms. The van der Waals surface area contributed by atoms with Crippen LogP contribution in [0.2, 0.25) is 0 Å². The van der Waals surface area contributed by atoms with Crippen molar-refractivity contribution < 1.29 is 14.5 Å². The zero-order valence-electron chi connectivity index (χ0n) is 13.9. The van der Waals surface area contributed by atoms with Crippen LogP contribution in [0, 0.1) is 16.0 Å². The molecule has 1 unspecified atom stereocenters. The van der Waals surface area contributed by atoms with E-state index in [9.17, 15) is 14.9 Å². The van der Waals surface area contributed by atoms with Crippen LogP contribution in [0.3, 0.4) is 0 Å². The molecule has 2 saturated heterocycles. The number of anilines is 1. The number of aromatic nitrogens is 1. The number of carbonyl (C=O) groups excluding carboxylic acids is 1. The van der Waals surface area contributed by atoms with E-state index >= 15 is 0 Å². The van der Waals surface area contributed by atoms with Crippen LogP contribution in [0.25, 0.3) is 0 Å². The van der Waals surface area contributed by atoms with E-state index in [4.69, 9.17) is 4.74 Å². The number of likely N-dealkylation sites (tertiary alicyclic amines) is 1. The van der Waals surface area contributed by atoms with E-state index in [-0.39, 0.29) is 23.5 Å². The minimum atomic E-state index is -0.500. The molecule has 0 N–H and O–H groups in total. The Kier molecular flexibility index (Phi) is 2.90. The number of ether oxygens (including phenoxy) is 1. The van der Waals surface area contributed by atoms with Crippen molar-refractivity contribution in [2.75, 3.05) is 18.0 Å². The number of piperidine rings is 1. The first-order valence-electron chi connectivity index (χ1n) is 8.10. The number of nitrogens with zero attached hydrogens (tertiary/aromatic N) is 4. The zero-order chi connectivity index (χ0) is 17.3. The lowest BCUT2D eigenvalue weighted by atomic mass is 9.93. The van der Waals surface area contributed by atoms with Gasteiger partial charge in [0.05, 0.1) is 17.3 Å². The van der Waals surface area contributed by atoms with E-state index in [0.29, 0.717) is 12.5 Å². The molecule has 0 bridgehead atoms. The van der Waals surface area contributed by atoms with Gasteiger partial charge in [-0.25, -0.2) is 4.79 Å². The molecule has 1 aromatic heterocycles. The maximum Gasteiger partial charge on any atom is 0.410 e. The largest absolute Gasteiger partial charge is 0.444 e. The Morgan fingerprint density at radius 3 is 2.75 bits per heavy atom. The van der Waals surface area contributed by atoms with E-state index in [0.717, 1.165) is 18.7 Å². The summed E-state index contributed by atoms with van der Waals surface area (Å²) >= 11 is 0. The summed E-state index contributed by atoms with van der Waals surface area (Å²) in [4.78, 5) is 30.6. The number of carbonyl (C=O) groups is 1. The van der Waals surface area contributed by atoms with Crippen molar-refractivity contribution in [3.05, 3.63) is 28.4 Å². The van der Waals surface area contributed by atoms with Gasteiger partial charge in [-0.05, 0) is 43.2 Å². The summed E-state index contributed by atoms with van der Waals surface area (Å²) in [5.74, 6) is 0.292. The Hall–Kier alpha value is -2.38. The molecule has 128 valence electrons. The van der Waals surface area contributed by atoms with Gasteiger partial charge in [0.15, 0.2) is 6.20 Å². The van der Waals surface area contributed by atoms with Gasteiger partial charge < -0.3 is 19.8 Å². The second-order valence-corrected chi connectivity index (χ2v) is 7.78. The van der Waals surface area contributed by atoms with E-state index in [1.54, 1.807) is 12.3 Å². The molecule has 8 nitrogen and oxygen atoms in total. The van der Waals surface area contributed by atoms with E-state index in [1.165, 1.54) is 6.07 Å². The number of hydrogen-bond donors (Lipinski definition) is 0. The molecule has 3 fully saturated rings. The maximum atomic E-state index is 12.4. The first kappa shape index (κ1) is 15.2. The van der Waals surface area contributed by atoms with Gasteiger partial charge >= 0.3 is 11.9 Å². The lowest BCUT2D eigenvalue weighted by molar-refractivity contribution is -0.389. The molecule has 1 saturated carbocycles. The van der Waals surface area contributed by atoms with Crippen LogP contribution in [0.1, 0.15) is 27.2 Å². The Morgan fingerprint density at radius 2 is 2.17 bits per heavy atom. The summed E-state index contributed by atoms with van der Waals surface area (Å²) in [7, 11) is 0. The monoisotopic (exact) mass is 332 g/mol. The van der Waals surface area contributed by atoms with Crippen LogP contribution < -0.4 is 4.90 Å². The van der Waals surface area contributed by atoms with Crippen LogP contribution in [0.5, 0.6) is 0 Å². The minimum Gasteiger partial charge on any atom is -0.444 e. The van der Waals surface area contributed by atoms with E-state index in [1.807, 2.05) is 25.7 Å². The fraction of sp³-hybridized carbons (Fsp3) is 0.625. The fourth-order valence-electron chi connectivity index (χ4n) is 4.10. The molecular formula is C16H20N4O4. The lowest BCUT2D eigenvalue weighted by Crippen LogP contribution is -2.68. The van der Waals surface area contributed by atoms with E-state index in [2.05, 4.69) is 9.88 Å². The molecule has 1 aliphatic carbocycles. The average molecular weight is 332 g/mol. The van der Waals surface area contributed by atoms with Crippen molar-refractivity contribution in [3.8, 4) is 0 Å². The third kappa shape index (κ3) is 2.05. The molecule has 0 radical (unpaired) electrons. The third-order valence-electron chi connectivity index (χ3n) is 5.21. The van der Waals surface area contributed by atoms with Gasteiger partial charge in [-0.2, -0.15) is 0 Å². The SMILES string of the molecule is CC(C)(C)OC(=O)N1C[C@@H]2N(c3ccc([N+](=O)[O-])nc3)CC3C[C@@]321. The highest BCUT2D eigenvalue weighted by Gasteiger charge is 2.76. The van der Waals surface area contributed by atoms with Crippen molar-refractivity contribution in [2.45, 2.75) is 44.4 Å². The lowest BCUT2D eigenvalue weighted by Gasteiger charge is -2.50. The Bertz CT molecular complexity index is 714. The molecule has 4 rings (SSSR count). The van der Waals surface area contributed by atoms with E-state index < -0.39 is 10.5 Å². The van der Waals surface area contributed by atoms with Gasteiger partial charge in [0.25, 0.3) is 0 Å². The maximum absolute atomic E-state index is 12.4. The van der Waals surface area contributed by atoms with Gasteiger partial charge in [0.1, 0.15) is 5.60 Å². The third-order valence-corrected chi connectivity index (χ3v) is 5.21. The van der Waals surface area contributed by atoms with Crippen LogP contribution in [0.4, 0.5) is 16.3 Å². The molecular weight excluding hydrogens is 312 g/mol. The number of pyridine rings is 1. The summed E-state index contributed by atoms with van der Waals surface area (Å²) in [5.41, 5.74) is 0.273. The van der Waals surface area contributed by atoms with Crippen molar-refractivity contribution in [3.63, 3.8) is 0 Å². The standard InChI is InChI=1S/C16H20N4O4/c1-15(2,3)24-14(21)19-9-12-16(19)6-10(16)8-18(12)11-4-5-13(17-7-11)20(22)23/h4-5,7,10,12H,6,8-9H2,1-3H3/t10?,12-,16+/m0/s1. The van der Waals surface area contributed by atoms with Crippen LogP contribution >= 0.6 is 0 Å². The van der Waals surface area contributed by atoms with Gasteiger partial charge in [-0.1, -0.05) is 0 Å². The predicted octanol–water partition coefficient (Wildman–Crippen LogP) is 2.19. The first-order chi connectivity index (χ1) is 11.2. The second-order valence-electron chi connectivity index (χ2n) is 7.78. The molecule has 1 aromatic rings. The molecule has 3 aliphatic rings. The summed E-state index contributed by atoms with van der Waals surface area (Å²) in [6, 6.07) is 3.41. The number of hydrogen-bond acceptors (Lipinski definition) is 6. The zero-order valence-corrected chi connectivity index (χ0v) is 13.9. The van der Waals surface area contributed by atoms with Gasteiger partial charge in [0.2, 0.25) is 0 Å². The highest BCUT2D eigenvalue weighted by atomic mass is 16.6. The van der Waals surface area contributed by atoms with Crippen molar-refractivity contribution in [1.29, 1.82) is 0 Å². The number of amides is 1. The molecule has 3 heterocycles. The van der Waals surface area contributed by atoms with Gasteiger partial charge in [-0.15, -0.1) is 0 Å². The summed E-state index contributed by atoms with van der Waals surface area (Å²) in [6.45, 7) is 7.08. The number of rotatable bonds is 2. The minimum absolute atomic E-state index is 0.107. The molecule has 0 aromatic carbocycles. The van der Waals surface area contributed by atoms with Gasteiger partial charge in [-0.3, -0.25) is 4.90 Å². The van der Waals surface area contributed by atoms with Crippen molar-refractivity contribution in [1.82, 2.24) is 9.88 Å². The molecule has 8 heteroatoms. The Morgan fingerprint density at radius 1 is 1.42 bits per heavy atom. The second kappa shape index (κ2) is 4.58. The fourth-order valence-corrected chi connectivity index (χ4v) is 4.10. The van der Waals surface area contributed by atoms with Crippen LogP contribution in [0.15, 0.2) is 18.3 Å². The highest BCUT2D eigenvalue weighted by Crippen LogP contribution is 2.64. The van der Waals surface area contributed by atoms with Crippen LogP contribution in [-0.4, -0.2) is 51.2 Å². The molecule has 24 heavy (non-hydrogen) atoms. The van der Waals surface area contributed by atoms with Gasteiger partial charge in [0, 0.05) is 25.1 Å². The van der Waals surface area contributed by atoms with Crippen molar-refractivity contribution >= 4 is 17.6 Å². The highest BCUT2D eigenvalue weighted by molar-refractivity contribution is 5.74. The van der Waals surface area contributed by atoms with Crippen molar-refractivity contribution in [2.24, 2.45) is 5.92 Å². The molecule has 3 atom stereocenters. The molecule has 1 amide bonds. The summed E-state index contributed by atoms with van der Waals surface area (Å²) in [5, 5.41) is 10.7. The topological polar surface area (TPSA) is 88.8 Å². The smallest absolute Gasteiger partial charge is 0.410 e. The Labute approximate surface area is 139 Å². The normalized spacial score (nSPS) is 30.3. The summed E-state index contributed by atoms with van der Waals surface area (Å²) < 4.78 is 5.51. The summed E-state index contributed by atoms with van der Waals surface area (Å²) in [6.07, 6.45) is 2.31. The predicted molar refractivity (Wildman–Crippen MR) is 85.8 cm³/mol. The quantitative estimate of drug-likeness (QED) is 0.609. The number of nitro groups is 1. The first-order valence-corrected chi connectivity index (χ1v) is 8.10.